The molecule has 1 aromatic carbocycles. The molecular formula is C18H20FN3. The van der Waals surface area contributed by atoms with Gasteiger partial charge < -0.3 is 4.57 Å². The van der Waals surface area contributed by atoms with Gasteiger partial charge >= 0.3 is 0 Å². The second kappa shape index (κ2) is 5.52. The van der Waals surface area contributed by atoms with Crippen molar-refractivity contribution in [1.82, 2.24) is 14.5 Å². The minimum atomic E-state index is -0.216. The van der Waals surface area contributed by atoms with Crippen molar-refractivity contribution >= 4 is 11.2 Å². The third-order valence-electron chi connectivity index (χ3n) is 3.50. The zero-order chi connectivity index (χ0) is 15.7. The van der Waals surface area contributed by atoms with Crippen LogP contribution in [0.3, 0.4) is 0 Å². The fourth-order valence-corrected chi connectivity index (χ4v) is 2.60. The first-order valence-corrected chi connectivity index (χ1v) is 7.47. The molecule has 0 spiro atoms. The summed E-state index contributed by atoms with van der Waals surface area (Å²) in [5, 5.41) is 0. The predicted octanol–water partition coefficient (Wildman–Crippen LogP) is 4.21. The molecule has 0 saturated heterocycles. The van der Waals surface area contributed by atoms with Crippen LogP contribution >= 0.6 is 0 Å². The second-order valence-electron chi connectivity index (χ2n) is 6.83. The first kappa shape index (κ1) is 14.7. The lowest BCUT2D eigenvalue weighted by Gasteiger charge is -2.18. The average molecular weight is 297 g/mol. The quantitative estimate of drug-likeness (QED) is 0.725. The summed E-state index contributed by atoms with van der Waals surface area (Å²) in [6, 6.07) is 10.6. The molecule has 3 aromatic rings. The highest BCUT2D eigenvalue weighted by atomic mass is 19.1. The third-order valence-corrected chi connectivity index (χ3v) is 3.50. The molecule has 0 bridgehead atoms. The molecule has 0 fully saturated rings. The van der Waals surface area contributed by atoms with Gasteiger partial charge in [0.1, 0.15) is 17.2 Å². The summed E-state index contributed by atoms with van der Waals surface area (Å²) in [6.45, 7) is 7.14. The summed E-state index contributed by atoms with van der Waals surface area (Å²) in [5.41, 5.74) is 2.78. The molecule has 4 heteroatoms. The molecule has 0 aliphatic carbocycles. The van der Waals surface area contributed by atoms with Gasteiger partial charge in [0, 0.05) is 12.6 Å². The smallest absolute Gasteiger partial charge is 0.160 e. The molecule has 3 rings (SSSR count). The van der Waals surface area contributed by atoms with Gasteiger partial charge in [0.25, 0.3) is 0 Å². The van der Waals surface area contributed by atoms with Crippen molar-refractivity contribution in [3.8, 4) is 0 Å². The summed E-state index contributed by atoms with van der Waals surface area (Å²) < 4.78 is 15.5. The molecule has 0 radical (unpaired) electrons. The van der Waals surface area contributed by atoms with Crippen molar-refractivity contribution in [2.24, 2.45) is 5.41 Å². The minimum absolute atomic E-state index is 0.126. The van der Waals surface area contributed by atoms with Crippen LogP contribution in [-0.4, -0.2) is 14.5 Å². The monoisotopic (exact) mass is 297 g/mol. The molecule has 0 aliphatic heterocycles. The molecule has 3 nitrogen and oxygen atoms in total. The van der Waals surface area contributed by atoms with Gasteiger partial charge in [-0.2, -0.15) is 0 Å². The van der Waals surface area contributed by atoms with Gasteiger partial charge in [-0.25, -0.2) is 14.4 Å². The lowest BCUT2D eigenvalue weighted by Crippen LogP contribution is -2.15. The van der Waals surface area contributed by atoms with E-state index in [2.05, 4.69) is 30.3 Å². The largest absolute Gasteiger partial charge is 0.308 e. The number of halogens is 1. The van der Waals surface area contributed by atoms with Crippen LogP contribution in [0.5, 0.6) is 0 Å². The van der Waals surface area contributed by atoms with Gasteiger partial charge in [-0.1, -0.05) is 32.9 Å². The molecule has 0 unspecified atom stereocenters. The fourth-order valence-electron chi connectivity index (χ4n) is 2.60. The van der Waals surface area contributed by atoms with Crippen LogP contribution in [0.15, 0.2) is 42.6 Å². The van der Waals surface area contributed by atoms with E-state index in [1.54, 1.807) is 18.3 Å². The second-order valence-corrected chi connectivity index (χ2v) is 6.83. The molecule has 22 heavy (non-hydrogen) atoms. The van der Waals surface area contributed by atoms with E-state index in [0.717, 1.165) is 29.0 Å². The normalized spacial score (nSPS) is 12.0. The Morgan fingerprint density at radius 2 is 1.95 bits per heavy atom. The van der Waals surface area contributed by atoms with Crippen LogP contribution in [-0.2, 0) is 13.0 Å². The average Bonchev–Trinajstić information content (AvgIpc) is 2.75. The van der Waals surface area contributed by atoms with Crippen molar-refractivity contribution in [2.75, 3.05) is 0 Å². The third kappa shape index (κ3) is 3.16. The number of hydrogen-bond donors (Lipinski definition) is 0. The van der Waals surface area contributed by atoms with E-state index < -0.39 is 0 Å². The Morgan fingerprint density at radius 1 is 1.14 bits per heavy atom. The summed E-state index contributed by atoms with van der Waals surface area (Å²) in [5.74, 6) is 0.776. The zero-order valence-electron chi connectivity index (χ0n) is 13.2. The van der Waals surface area contributed by atoms with Gasteiger partial charge in [0.05, 0.1) is 6.54 Å². The first-order chi connectivity index (χ1) is 10.4. The number of nitrogens with zero attached hydrogens (tertiary/aromatic N) is 3. The number of benzene rings is 1. The maximum Gasteiger partial charge on any atom is 0.160 e. The van der Waals surface area contributed by atoms with Crippen molar-refractivity contribution in [1.29, 1.82) is 0 Å². The molecule has 114 valence electrons. The van der Waals surface area contributed by atoms with Gasteiger partial charge in [0.2, 0.25) is 0 Å². The van der Waals surface area contributed by atoms with Crippen molar-refractivity contribution in [2.45, 2.75) is 33.7 Å². The molecular weight excluding hydrogens is 277 g/mol. The summed E-state index contributed by atoms with van der Waals surface area (Å²) >= 11 is 0. The maximum absolute atomic E-state index is 13.4. The highest BCUT2D eigenvalue weighted by molar-refractivity contribution is 5.71. The molecule has 0 atom stereocenters. The summed E-state index contributed by atoms with van der Waals surface area (Å²) in [6.07, 6.45) is 2.62. The Hall–Kier alpha value is -2.23. The van der Waals surface area contributed by atoms with Crippen molar-refractivity contribution in [3.63, 3.8) is 0 Å². The van der Waals surface area contributed by atoms with Crippen LogP contribution in [0.2, 0.25) is 0 Å². The molecule has 0 saturated carbocycles. The topological polar surface area (TPSA) is 30.7 Å². The van der Waals surface area contributed by atoms with Crippen LogP contribution in [0.25, 0.3) is 11.2 Å². The Balaban J connectivity index is 2.07. The van der Waals surface area contributed by atoms with Crippen LogP contribution in [0.4, 0.5) is 4.39 Å². The van der Waals surface area contributed by atoms with E-state index in [1.807, 2.05) is 18.2 Å². The Bertz CT molecular complexity index is 799. The van der Waals surface area contributed by atoms with Crippen LogP contribution < -0.4 is 0 Å². The van der Waals surface area contributed by atoms with Gasteiger partial charge in [-0.15, -0.1) is 0 Å². The minimum Gasteiger partial charge on any atom is -0.308 e. The SMILES string of the molecule is CC(C)(C)Cc1nc2cccnc2n1Cc1cccc(F)c1. The van der Waals surface area contributed by atoms with E-state index in [0.29, 0.717) is 6.54 Å². The number of imidazole rings is 1. The van der Waals surface area contributed by atoms with Crippen LogP contribution in [0.1, 0.15) is 32.2 Å². The van der Waals surface area contributed by atoms with E-state index in [4.69, 9.17) is 4.98 Å². The highest BCUT2D eigenvalue weighted by Crippen LogP contribution is 2.24. The summed E-state index contributed by atoms with van der Waals surface area (Å²) in [7, 11) is 0. The molecule has 0 N–H and O–H groups in total. The standard InChI is InChI=1S/C18H20FN3/c1-18(2,3)11-16-21-15-8-5-9-20-17(15)22(16)12-13-6-4-7-14(19)10-13/h4-10H,11-12H2,1-3H3. The van der Waals surface area contributed by atoms with Crippen molar-refractivity contribution < 1.29 is 4.39 Å². The molecule has 0 aliphatic rings. The van der Waals surface area contributed by atoms with E-state index in [1.165, 1.54) is 6.07 Å². The number of rotatable bonds is 3. The van der Waals surface area contributed by atoms with Gasteiger partial charge in [0.15, 0.2) is 5.65 Å². The molecule has 2 heterocycles. The lowest BCUT2D eigenvalue weighted by molar-refractivity contribution is 0.394. The summed E-state index contributed by atoms with van der Waals surface area (Å²) in [4.78, 5) is 9.18. The first-order valence-electron chi connectivity index (χ1n) is 7.47. The maximum atomic E-state index is 13.4. The van der Waals surface area contributed by atoms with E-state index in [-0.39, 0.29) is 11.2 Å². The van der Waals surface area contributed by atoms with Crippen molar-refractivity contribution in [3.05, 3.63) is 59.8 Å². The van der Waals surface area contributed by atoms with Crippen LogP contribution in [0, 0.1) is 11.2 Å². The Morgan fingerprint density at radius 3 is 2.68 bits per heavy atom. The highest BCUT2D eigenvalue weighted by Gasteiger charge is 2.18. The zero-order valence-corrected chi connectivity index (χ0v) is 13.2. The molecule has 2 aromatic heterocycles. The van der Waals surface area contributed by atoms with E-state index >= 15 is 0 Å². The number of aromatic nitrogens is 3. The number of fused-ring (bicyclic) bond motifs is 1. The van der Waals surface area contributed by atoms with E-state index in [9.17, 15) is 4.39 Å². The molecule has 0 amide bonds. The Labute approximate surface area is 129 Å². The van der Waals surface area contributed by atoms with Gasteiger partial charge in [-0.05, 0) is 35.2 Å². The Kier molecular flexibility index (Phi) is 3.69. The number of hydrogen-bond acceptors (Lipinski definition) is 2. The fraction of sp³-hybridized carbons (Fsp3) is 0.333. The predicted molar refractivity (Wildman–Crippen MR) is 86.2 cm³/mol. The number of pyridine rings is 1. The van der Waals surface area contributed by atoms with Gasteiger partial charge in [-0.3, -0.25) is 0 Å². The lowest BCUT2D eigenvalue weighted by atomic mass is 9.92.